The number of carbonyl (C=O) groups excluding carboxylic acids is 4. The molecule has 0 atom stereocenters. The van der Waals surface area contributed by atoms with E-state index in [1.54, 1.807) is 32.9 Å². The number of nitriles is 1. The normalized spacial score (nSPS) is 10.0. The molecule has 2 aromatic rings. The van der Waals surface area contributed by atoms with Gasteiger partial charge in [0.1, 0.15) is 21.7 Å². The Morgan fingerprint density at radius 1 is 1.00 bits per heavy atom. The number of benzene rings is 1. The van der Waals surface area contributed by atoms with Crippen molar-refractivity contribution >= 4 is 40.2 Å². The lowest BCUT2D eigenvalue weighted by atomic mass is 10.1. The van der Waals surface area contributed by atoms with Crippen LogP contribution in [0.2, 0.25) is 0 Å². The second-order valence-electron chi connectivity index (χ2n) is 6.31. The molecule has 0 spiro atoms. The summed E-state index contributed by atoms with van der Waals surface area (Å²) in [6.07, 6.45) is 0. The van der Waals surface area contributed by atoms with Crippen molar-refractivity contribution in [3.05, 3.63) is 45.8 Å². The number of ether oxygens (including phenoxy) is 4. The number of esters is 3. The van der Waals surface area contributed by atoms with E-state index in [0.29, 0.717) is 5.56 Å². The Kier molecular flexibility index (Phi) is 9.38. The highest BCUT2D eigenvalue weighted by Gasteiger charge is 2.27. The van der Waals surface area contributed by atoms with Crippen molar-refractivity contribution < 1.29 is 38.1 Å². The number of nitrogens with zero attached hydrogens (tertiary/aromatic N) is 1. The lowest BCUT2D eigenvalue weighted by molar-refractivity contribution is -0.149. The summed E-state index contributed by atoms with van der Waals surface area (Å²) in [5.41, 5.74) is 0.592. The molecule has 0 radical (unpaired) electrons. The van der Waals surface area contributed by atoms with Gasteiger partial charge in [-0.1, -0.05) is 12.1 Å². The lowest BCUT2D eigenvalue weighted by Crippen LogP contribution is -2.24. The molecule has 0 saturated heterocycles. The van der Waals surface area contributed by atoms with Crippen LogP contribution in [0.25, 0.3) is 0 Å². The zero-order chi connectivity index (χ0) is 24.4. The molecule has 33 heavy (non-hydrogen) atoms. The molecular weight excluding hydrogens is 452 g/mol. The fourth-order valence-electron chi connectivity index (χ4n) is 2.61. The number of nitrogens with one attached hydrogen (secondary N) is 1. The molecule has 2 rings (SSSR count). The minimum absolute atomic E-state index is 0.0287. The number of hydrogen-bond acceptors (Lipinski definition) is 10. The molecule has 1 N–H and O–H groups in total. The molecule has 0 unspecified atom stereocenters. The first-order valence-electron chi connectivity index (χ1n) is 9.87. The third-order valence-electron chi connectivity index (χ3n) is 4.06. The standard InChI is InChI=1S/C22H22N2O8S/c1-4-29-21(27)18-13(3)19(22(28)30-5-2)33-20(18)24-16(25)11-32-17(26)12-31-15-9-7-6-8-14(15)10-23/h6-9H,4-5,11-12H2,1-3H3,(H,24,25). The molecule has 10 nitrogen and oxygen atoms in total. The van der Waals surface area contributed by atoms with E-state index in [4.69, 9.17) is 24.2 Å². The largest absolute Gasteiger partial charge is 0.481 e. The van der Waals surface area contributed by atoms with Crippen LogP contribution >= 0.6 is 11.3 Å². The molecule has 0 saturated carbocycles. The fourth-order valence-corrected chi connectivity index (χ4v) is 3.72. The van der Waals surface area contributed by atoms with Gasteiger partial charge in [0.05, 0.1) is 24.3 Å². The molecule has 0 aliphatic carbocycles. The van der Waals surface area contributed by atoms with E-state index in [1.807, 2.05) is 6.07 Å². The van der Waals surface area contributed by atoms with Gasteiger partial charge in [-0.25, -0.2) is 14.4 Å². The van der Waals surface area contributed by atoms with E-state index < -0.39 is 37.0 Å². The van der Waals surface area contributed by atoms with Crippen molar-refractivity contribution in [2.45, 2.75) is 20.8 Å². The summed E-state index contributed by atoms with van der Waals surface area (Å²) in [4.78, 5) is 48.9. The summed E-state index contributed by atoms with van der Waals surface area (Å²) >= 11 is 0.859. The minimum Gasteiger partial charge on any atom is -0.481 e. The molecule has 0 aliphatic rings. The van der Waals surface area contributed by atoms with Gasteiger partial charge in [-0.2, -0.15) is 5.26 Å². The second-order valence-corrected chi connectivity index (χ2v) is 7.33. The molecule has 0 bridgehead atoms. The van der Waals surface area contributed by atoms with Gasteiger partial charge in [0.25, 0.3) is 5.91 Å². The number of amides is 1. The summed E-state index contributed by atoms with van der Waals surface area (Å²) < 4.78 is 20.1. The first-order chi connectivity index (χ1) is 15.8. The SMILES string of the molecule is CCOC(=O)c1sc(NC(=O)COC(=O)COc2ccccc2C#N)c(C(=O)OCC)c1C. The van der Waals surface area contributed by atoms with Crippen LogP contribution in [-0.4, -0.2) is 50.2 Å². The van der Waals surface area contributed by atoms with Crippen LogP contribution in [0.15, 0.2) is 24.3 Å². The molecule has 1 heterocycles. The van der Waals surface area contributed by atoms with Crippen LogP contribution in [-0.2, 0) is 23.8 Å². The van der Waals surface area contributed by atoms with Gasteiger partial charge in [0, 0.05) is 0 Å². The Labute approximate surface area is 194 Å². The van der Waals surface area contributed by atoms with Crippen LogP contribution in [0.5, 0.6) is 5.75 Å². The molecule has 174 valence electrons. The highest BCUT2D eigenvalue weighted by Crippen LogP contribution is 2.34. The van der Waals surface area contributed by atoms with Gasteiger partial charge in [-0.3, -0.25) is 4.79 Å². The Balaban J connectivity index is 2.03. The Hall–Kier alpha value is -3.91. The predicted molar refractivity (Wildman–Crippen MR) is 117 cm³/mol. The third kappa shape index (κ3) is 6.78. The van der Waals surface area contributed by atoms with Crippen molar-refractivity contribution in [3.63, 3.8) is 0 Å². The molecular formula is C22H22N2O8S. The lowest BCUT2D eigenvalue weighted by Gasteiger charge is -2.09. The molecule has 1 aromatic carbocycles. The van der Waals surface area contributed by atoms with Crippen LogP contribution < -0.4 is 10.1 Å². The molecule has 1 aromatic heterocycles. The highest BCUT2D eigenvalue weighted by atomic mass is 32.1. The first kappa shape index (κ1) is 25.4. The summed E-state index contributed by atoms with van der Waals surface area (Å²) in [6.45, 7) is 3.89. The highest BCUT2D eigenvalue weighted by molar-refractivity contribution is 7.18. The van der Waals surface area contributed by atoms with Crippen LogP contribution in [0.4, 0.5) is 5.00 Å². The smallest absolute Gasteiger partial charge is 0.348 e. The van der Waals surface area contributed by atoms with E-state index in [2.05, 4.69) is 5.32 Å². The van der Waals surface area contributed by atoms with E-state index in [0.717, 1.165) is 11.3 Å². The summed E-state index contributed by atoms with van der Waals surface area (Å²) in [7, 11) is 0. The average Bonchev–Trinajstić information content (AvgIpc) is 3.12. The summed E-state index contributed by atoms with van der Waals surface area (Å²) in [5, 5.41) is 11.6. The van der Waals surface area contributed by atoms with Crippen molar-refractivity contribution in [1.29, 1.82) is 5.26 Å². The summed E-state index contributed by atoms with van der Waals surface area (Å²) in [6, 6.07) is 8.28. The van der Waals surface area contributed by atoms with Crippen molar-refractivity contribution in [3.8, 4) is 11.8 Å². The van der Waals surface area contributed by atoms with E-state index in [1.165, 1.54) is 12.1 Å². The molecule has 11 heteroatoms. The molecule has 0 aliphatic heterocycles. The monoisotopic (exact) mass is 474 g/mol. The third-order valence-corrected chi connectivity index (χ3v) is 5.24. The molecule has 0 fully saturated rings. The minimum atomic E-state index is -0.835. The summed E-state index contributed by atoms with van der Waals surface area (Å²) in [5.74, 6) is -2.70. The zero-order valence-electron chi connectivity index (χ0n) is 18.3. The van der Waals surface area contributed by atoms with Gasteiger partial charge in [0.2, 0.25) is 0 Å². The number of para-hydroxylation sites is 1. The number of anilines is 1. The topological polar surface area (TPSA) is 141 Å². The van der Waals surface area contributed by atoms with Crippen molar-refractivity contribution in [2.75, 3.05) is 31.7 Å². The van der Waals surface area contributed by atoms with Gasteiger partial charge >= 0.3 is 17.9 Å². The maximum atomic E-state index is 12.4. The Morgan fingerprint density at radius 3 is 2.33 bits per heavy atom. The van der Waals surface area contributed by atoms with Crippen LogP contribution in [0.1, 0.15) is 45.0 Å². The van der Waals surface area contributed by atoms with Gasteiger partial charge in [0.15, 0.2) is 13.2 Å². The van der Waals surface area contributed by atoms with E-state index >= 15 is 0 Å². The zero-order valence-corrected chi connectivity index (χ0v) is 19.1. The maximum Gasteiger partial charge on any atom is 0.348 e. The quantitative estimate of drug-likeness (QED) is 0.406. The van der Waals surface area contributed by atoms with Gasteiger partial charge < -0.3 is 24.3 Å². The maximum absolute atomic E-state index is 12.4. The Morgan fingerprint density at radius 2 is 1.67 bits per heavy atom. The van der Waals surface area contributed by atoms with Crippen LogP contribution in [0.3, 0.4) is 0 Å². The number of rotatable bonds is 10. The first-order valence-corrected chi connectivity index (χ1v) is 10.7. The van der Waals surface area contributed by atoms with E-state index in [-0.39, 0.29) is 40.0 Å². The Bertz CT molecular complexity index is 1090. The van der Waals surface area contributed by atoms with Crippen molar-refractivity contribution in [2.24, 2.45) is 0 Å². The van der Waals surface area contributed by atoms with Crippen molar-refractivity contribution in [1.82, 2.24) is 0 Å². The predicted octanol–water partition coefficient (Wildman–Crippen LogP) is 2.84. The average molecular weight is 474 g/mol. The number of thiophene rings is 1. The molecule has 1 amide bonds. The van der Waals surface area contributed by atoms with E-state index in [9.17, 15) is 19.2 Å². The fraction of sp³-hybridized carbons (Fsp3) is 0.318. The van der Waals surface area contributed by atoms with Crippen LogP contribution in [0, 0.1) is 18.3 Å². The second kappa shape index (κ2) is 12.2. The number of hydrogen-bond donors (Lipinski definition) is 1. The number of carbonyl (C=O) groups is 4. The van der Waals surface area contributed by atoms with Gasteiger partial charge in [-0.15, -0.1) is 11.3 Å². The van der Waals surface area contributed by atoms with Gasteiger partial charge in [-0.05, 0) is 38.5 Å².